The van der Waals surface area contributed by atoms with Crippen molar-refractivity contribution < 1.29 is 0 Å². The molecule has 0 saturated heterocycles. The summed E-state index contributed by atoms with van der Waals surface area (Å²) in [5.74, 6) is 0. The summed E-state index contributed by atoms with van der Waals surface area (Å²) in [6, 6.07) is 19.3. The van der Waals surface area contributed by atoms with E-state index in [1.54, 1.807) is 0 Å². The Bertz CT molecular complexity index is 623. The molecule has 1 aliphatic rings. The van der Waals surface area contributed by atoms with Crippen LogP contribution in [0.2, 0.25) is 0 Å². The van der Waals surface area contributed by atoms with Crippen LogP contribution in [0.15, 0.2) is 78.9 Å². The van der Waals surface area contributed by atoms with Crippen molar-refractivity contribution in [2.24, 2.45) is 0 Å². The van der Waals surface area contributed by atoms with E-state index in [-0.39, 0.29) is 5.54 Å². The zero-order chi connectivity index (χ0) is 13.8. The van der Waals surface area contributed by atoms with Crippen LogP contribution < -0.4 is 5.32 Å². The highest BCUT2D eigenvalue weighted by Crippen LogP contribution is 2.31. The van der Waals surface area contributed by atoms with Gasteiger partial charge in [0.05, 0.1) is 5.54 Å². The third-order valence-corrected chi connectivity index (χ3v) is 4.02. The Balaban J connectivity index is 1.93. The first-order chi connectivity index (χ1) is 9.84. The predicted molar refractivity (Wildman–Crippen MR) is 85.5 cm³/mol. The second kappa shape index (κ2) is 5.48. The zero-order valence-electron chi connectivity index (χ0n) is 11.7. The van der Waals surface area contributed by atoms with Crippen LogP contribution in [-0.4, -0.2) is 7.05 Å². The normalized spacial score (nSPS) is 21.1. The number of likely N-dealkylation sites (N-methyl/N-ethyl adjacent to an activating group) is 1. The van der Waals surface area contributed by atoms with Gasteiger partial charge in [-0.1, -0.05) is 78.9 Å². The van der Waals surface area contributed by atoms with Crippen LogP contribution in [0.25, 0.3) is 11.1 Å². The van der Waals surface area contributed by atoms with Crippen LogP contribution >= 0.6 is 0 Å². The molecule has 0 bridgehead atoms. The van der Waals surface area contributed by atoms with Crippen LogP contribution in [0.1, 0.15) is 12.0 Å². The summed E-state index contributed by atoms with van der Waals surface area (Å²) in [5.41, 5.74) is 3.76. The Labute approximate surface area is 120 Å². The van der Waals surface area contributed by atoms with Crippen molar-refractivity contribution in [3.05, 3.63) is 84.5 Å². The van der Waals surface area contributed by atoms with Crippen molar-refractivity contribution in [1.82, 2.24) is 5.32 Å². The molecule has 100 valence electrons. The Kier molecular flexibility index (Phi) is 3.53. The van der Waals surface area contributed by atoms with Gasteiger partial charge in [-0.3, -0.25) is 0 Å². The van der Waals surface area contributed by atoms with Gasteiger partial charge in [0.25, 0.3) is 0 Å². The highest BCUT2D eigenvalue weighted by molar-refractivity contribution is 5.63. The number of nitrogens with one attached hydrogen (secondary N) is 1. The lowest BCUT2D eigenvalue weighted by Crippen LogP contribution is -2.38. The zero-order valence-corrected chi connectivity index (χ0v) is 11.7. The molecule has 2 aromatic carbocycles. The molecule has 0 heterocycles. The quantitative estimate of drug-likeness (QED) is 0.869. The summed E-state index contributed by atoms with van der Waals surface area (Å²) in [6.07, 6.45) is 9.66. The van der Waals surface area contributed by atoms with Crippen molar-refractivity contribution in [2.75, 3.05) is 7.05 Å². The average Bonchev–Trinajstić information content (AvgIpc) is 2.56. The molecule has 0 radical (unpaired) electrons. The summed E-state index contributed by atoms with van der Waals surface area (Å²) in [6.45, 7) is 0. The molecule has 1 aliphatic carbocycles. The van der Waals surface area contributed by atoms with Crippen LogP contribution in [0, 0.1) is 0 Å². The first kappa shape index (κ1) is 12.9. The molecular weight excluding hydrogens is 242 g/mol. The van der Waals surface area contributed by atoms with Crippen molar-refractivity contribution in [3.8, 4) is 11.1 Å². The fourth-order valence-corrected chi connectivity index (χ4v) is 2.75. The van der Waals surface area contributed by atoms with E-state index in [0.717, 1.165) is 6.42 Å². The van der Waals surface area contributed by atoms with E-state index in [9.17, 15) is 0 Å². The summed E-state index contributed by atoms with van der Waals surface area (Å²) in [4.78, 5) is 0. The highest BCUT2D eigenvalue weighted by Gasteiger charge is 2.26. The molecule has 0 fully saturated rings. The van der Waals surface area contributed by atoms with Gasteiger partial charge in [0.2, 0.25) is 0 Å². The first-order valence-corrected chi connectivity index (χ1v) is 7.03. The Morgan fingerprint density at radius 3 is 2.15 bits per heavy atom. The average molecular weight is 261 g/mol. The van der Waals surface area contributed by atoms with Crippen LogP contribution in [0.5, 0.6) is 0 Å². The molecule has 0 saturated carbocycles. The summed E-state index contributed by atoms with van der Waals surface area (Å²) in [7, 11) is 2.02. The second-order valence-corrected chi connectivity index (χ2v) is 5.16. The van der Waals surface area contributed by atoms with E-state index < -0.39 is 0 Å². The number of benzene rings is 2. The van der Waals surface area contributed by atoms with E-state index >= 15 is 0 Å². The van der Waals surface area contributed by atoms with Crippen molar-refractivity contribution >= 4 is 0 Å². The van der Waals surface area contributed by atoms with Gasteiger partial charge in [-0.15, -0.1) is 0 Å². The van der Waals surface area contributed by atoms with Gasteiger partial charge in [0.15, 0.2) is 0 Å². The van der Waals surface area contributed by atoms with Gasteiger partial charge in [-0.05, 0) is 30.2 Å². The van der Waals surface area contributed by atoms with Crippen LogP contribution in [0.3, 0.4) is 0 Å². The van der Waals surface area contributed by atoms with Gasteiger partial charge < -0.3 is 5.32 Å². The number of rotatable bonds is 3. The lowest BCUT2D eigenvalue weighted by atomic mass is 9.83. The lowest BCUT2D eigenvalue weighted by Gasteiger charge is -2.31. The number of hydrogen-bond donors (Lipinski definition) is 1. The molecule has 20 heavy (non-hydrogen) atoms. The largest absolute Gasteiger partial charge is 0.307 e. The molecule has 0 spiro atoms. The molecule has 1 heteroatoms. The minimum Gasteiger partial charge on any atom is -0.307 e. The number of allylic oxidation sites excluding steroid dienone is 2. The van der Waals surface area contributed by atoms with E-state index in [2.05, 4.69) is 78.2 Å². The van der Waals surface area contributed by atoms with Crippen molar-refractivity contribution in [2.45, 2.75) is 12.0 Å². The van der Waals surface area contributed by atoms with Gasteiger partial charge >= 0.3 is 0 Å². The fraction of sp³-hybridized carbons (Fsp3) is 0.158. The monoisotopic (exact) mass is 261 g/mol. The molecule has 2 aromatic rings. The Morgan fingerprint density at radius 2 is 1.55 bits per heavy atom. The summed E-state index contributed by atoms with van der Waals surface area (Å²) in [5, 5.41) is 3.45. The highest BCUT2D eigenvalue weighted by atomic mass is 14.9. The molecule has 0 aliphatic heterocycles. The maximum absolute atomic E-state index is 3.45. The Hall–Kier alpha value is -2.12. The van der Waals surface area contributed by atoms with Crippen LogP contribution in [-0.2, 0) is 5.54 Å². The molecule has 1 nitrogen and oxygen atoms in total. The fourth-order valence-electron chi connectivity index (χ4n) is 2.75. The minimum absolute atomic E-state index is 0.0655. The van der Waals surface area contributed by atoms with E-state index in [0.29, 0.717) is 0 Å². The van der Waals surface area contributed by atoms with Gasteiger partial charge in [0, 0.05) is 0 Å². The van der Waals surface area contributed by atoms with Gasteiger partial charge in [0.1, 0.15) is 0 Å². The molecule has 0 amide bonds. The lowest BCUT2D eigenvalue weighted by molar-refractivity contribution is 0.458. The first-order valence-electron chi connectivity index (χ1n) is 7.03. The van der Waals surface area contributed by atoms with Gasteiger partial charge in [-0.25, -0.2) is 0 Å². The third-order valence-electron chi connectivity index (χ3n) is 4.02. The molecular formula is C19H19N. The van der Waals surface area contributed by atoms with Crippen molar-refractivity contribution in [3.63, 3.8) is 0 Å². The predicted octanol–water partition coefficient (Wildman–Crippen LogP) is 4.28. The standard InChI is InChI=1S/C19H19N/c1-20-19(14-6-3-7-15-19)18-12-10-17(11-13-18)16-8-4-2-5-9-16/h2-14,20H,15H2,1H3. The second-order valence-electron chi connectivity index (χ2n) is 5.16. The third kappa shape index (κ3) is 2.33. The van der Waals surface area contributed by atoms with E-state index in [4.69, 9.17) is 0 Å². The maximum atomic E-state index is 3.45. The minimum atomic E-state index is -0.0655. The van der Waals surface area contributed by atoms with E-state index in [1.165, 1.54) is 16.7 Å². The van der Waals surface area contributed by atoms with E-state index in [1.807, 2.05) is 13.1 Å². The maximum Gasteiger partial charge on any atom is 0.0656 e. The Morgan fingerprint density at radius 1 is 0.850 bits per heavy atom. The van der Waals surface area contributed by atoms with Crippen LogP contribution in [0.4, 0.5) is 0 Å². The molecule has 1 N–H and O–H groups in total. The molecule has 0 aromatic heterocycles. The van der Waals surface area contributed by atoms with Crippen molar-refractivity contribution in [1.29, 1.82) is 0 Å². The SMILES string of the molecule is CNC1(c2ccc(-c3ccccc3)cc2)C=CC=CC1. The summed E-state index contributed by atoms with van der Waals surface area (Å²) < 4.78 is 0. The van der Waals surface area contributed by atoms with Gasteiger partial charge in [-0.2, -0.15) is 0 Å². The molecule has 1 unspecified atom stereocenters. The number of hydrogen-bond acceptors (Lipinski definition) is 1. The molecule has 1 atom stereocenters. The topological polar surface area (TPSA) is 12.0 Å². The smallest absolute Gasteiger partial charge is 0.0656 e. The summed E-state index contributed by atoms with van der Waals surface area (Å²) >= 11 is 0. The molecule has 3 rings (SSSR count).